The third-order valence-electron chi connectivity index (χ3n) is 5.96. The third kappa shape index (κ3) is 4.34. The molecule has 5 rings (SSSR count). The SMILES string of the molecule is COc1cccc2cc(C(=O)Nc3ccc(-c4ccc(N5CCCCC5)nn4)cc3)c(=O)oc12. The molecular formula is C26H24N4O4. The minimum atomic E-state index is -0.727. The molecule has 8 nitrogen and oxygen atoms in total. The molecule has 1 aliphatic rings. The second-order valence-corrected chi connectivity index (χ2v) is 8.18. The normalized spacial score (nSPS) is 13.6. The highest BCUT2D eigenvalue weighted by molar-refractivity contribution is 6.05. The smallest absolute Gasteiger partial charge is 0.349 e. The zero-order valence-corrected chi connectivity index (χ0v) is 18.8. The lowest BCUT2D eigenvalue weighted by molar-refractivity contribution is 0.102. The van der Waals surface area contributed by atoms with E-state index in [0.29, 0.717) is 22.4 Å². The number of benzene rings is 2. The van der Waals surface area contributed by atoms with Gasteiger partial charge in [-0.15, -0.1) is 10.2 Å². The lowest BCUT2D eigenvalue weighted by atomic mass is 10.1. The molecule has 34 heavy (non-hydrogen) atoms. The van der Waals surface area contributed by atoms with Gasteiger partial charge in [0.05, 0.1) is 12.8 Å². The van der Waals surface area contributed by atoms with Crippen LogP contribution in [0.25, 0.3) is 22.2 Å². The summed E-state index contributed by atoms with van der Waals surface area (Å²) in [4.78, 5) is 27.4. The highest BCUT2D eigenvalue weighted by Gasteiger charge is 2.16. The van der Waals surface area contributed by atoms with E-state index >= 15 is 0 Å². The average Bonchev–Trinajstić information content (AvgIpc) is 2.89. The molecule has 3 heterocycles. The van der Waals surface area contributed by atoms with Gasteiger partial charge in [0.15, 0.2) is 17.2 Å². The number of para-hydroxylation sites is 1. The van der Waals surface area contributed by atoms with Gasteiger partial charge in [-0.05, 0) is 55.7 Å². The first-order valence-electron chi connectivity index (χ1n) is 11.2. The van der Waals surface area contributed by atoms with E-state index in [4.69, 9.17) is 9.15 Å². The predicted molar refractivity (Wildman–Crippen MR) is 131 cm³/mol. The molecule has 0 spiro atoms. The lowest BCUT2D eigenvalue weighted by Gasteiger charge is -2.27. The molecule has 2 aromatic heterocycles. The Balaban J connectivity index is 1.31. The zero-order valence-electron chi connectivity index (χ0n) is 18.8. The van der Waals surface area contributed by atoms with Crippen molar-refractivity contribution in [3.63, 3.8) is 0 Å². The number of methoxy groups -OCH3 is 1. The van der Waals surface area contributed by atoms with Crippen LogP contribution in [0.3, 0.4) is 0 Å². The molecular weight excluding hydrogens is 432 g/mol. The van der Waals surface area contributed by atoms with Gasteiger partial charge >= 0.3 is 5.63 Å². The standard InChI is InChI=1S/C26H24N4O4/c1-33-22-7-5-6-18-16-20(26(32)34-24(18)22)25(31)27-19-10-8-17(9-11-19)21-12-13-23(29-28-21)30-14-3-2-4-15-30/h5-13,16H,2-4,14-15H2,1H3,(H,27,31). The molecule has 0 atom stereocenters. The summed E-state index contributed by atoms with van der Waals surface area (Å²) in [5.74, 6) is 0.792. The van der Waals surface area contributed by atoms with Crippen molar-refractivity contribution in [2.24, 2.45) is 0 Å². The van der Waals surface area contributed by atoms with Gasteiger partial charge in [-0.1, -0.05) is 24.3 Å². The predicted octanol–water partition coefficient (Wildman–Crippen LogP) is 4.50. The number of aromatic nitrogens is 2. The van der Waals surface area contributed by atoms with Crippen LogP contribution in [-0.4, -0.2) is 36.3 Å². The molecule has 0 radical (unpaired) electrons. The zero-order chi connectivity index (χ0) is 23.5. The molecule has 8 heteroatoms. The number of nitrogens with zero attached hydrogens (tertiary/aromatic N) is 3. The van der Waals surface area contributed by atoms with E-state index in [-0.39, 0.29) is 5.56 Å². The molecule has 1 fully saturated rings. The van der Waals surface area contributed by atoms with Crippen molar-refractivity contribution in [1.29, 1.82) is 0 Å². The Bertz CT molecular complexity index is 1380. The number of carbonyl (C=O) groups excluding carboxylic acids is 1. The van der Waals surface area contributed by atoms with Crippen molar-refractivity contribution >= 4 is 28.4 Å². The molecule has 1 aliphatic heterocycles. The molecule has 1 amide bonds. The van der Waals surface area contributed by atoms with Gasteiger partial charge in [0.2, 0.25) is 0 Å². The van der Waals surface area contributed by atoms with Crippen LogP contribution in [0.2, 0.25) is 0 Å². The van der Waals surface area contributed by atoms with Crippen molar-refractivity contribution in [3.8, 4) is 17.0 Å². The van der Waals surface area contributed by atoms with E-state index in [9.17, 15) is 9.59 Å². The Morgan fingerprint density at radius 2 is 1.79 bits per heavy atom. The number of carbonyl (C=O) groups is 1. The molecule has 1 saturated heterocycles. The van der Waals surface area contributed by atoms with Gasteiger partial charge in [0.1, 0.15) is 5.56 Å². The summed E-state index contributed by atoms with van der Waals surface area (Å²) in [6.07, 6.45) is 3.64. The van der Waals surface area contributed by atoms with Crippen molar-refractivity contribution in [2.45, 2.75) is 19.3 Å². The van der Waals surface area contributed by atoms with Gasteiger partial charge in [0.25, 0.3) is 5.91 Å². The van der Waals surface area contributed by atoms with Gasteiger partial charge in [-0.25, -0.2) is 4.79 Å². The quantitative estimate of drug-likeness (QED) is 0.442. The second-order valence-electron chi connectivity index (χ2n) is 8.18. The Hall–Kier alpha value is -4.20. The molecule has 0 aliphatic carbocycles. The van der Waals surface area contributed by atoms with Crippen LogP contribution in [0.15, 0.2) is 69.9 Å². The minimum absolute atomic E-state index is 0.0796. The minimum Gasteiger partial charge on any atom is -0.493 e. The maximum absolute atomic E-state index is 12.7. The van der Waals surface area contributed by atoms with Crippen LogP contribution in [-0.2, 0) is 0 Å². The fraction of sp³-hybridized carbons (Fsp3) is 0.231. The van der Waals surface area contributed by atoms with E-state index in [0.717, 1.165) is 30.2 Å². The van der Waals surface area contributed by atoms with Crippen molar-refractivity contribution in [3.05, 3.63) is 76.6 Å². The highest BCUT2D eigenvalue weighted by Crippen LogP contribution is 2.25. The molecule has 4 aromatic rings. The second kappa shape index (κ2) is 9.35. The summed E-state index contributed by atoms with van der Waals surface area (Å²) in [7, 11) is 1.49. The van der Waals surface area contributed by atoms with E-state index < -0.39 is 11.5 Å². The van der Waals surface area contributed by atoms with Crippen molar-refractivity contribution in [1.82, 2.24) is 10.2 Å². The van der Waals surface area contributed by atoms with Crippen LogP contribution in [0.4, 0.5) is 11.5 Å². The van der Waals surface area contributed by atoms with Gasteiger partial charge in [-0.3, -0.25) is 4.79 Å². The van der Waals surface area contributed by atoms with Crippen LogP contribution < -0.4 is 20.6 Å². The topological polar surface area (TPSA) is 97.6 Å². The average molecular weight is 457 g/mol. The number of anilines is 2. The van der Waals surface area contributed by atoms with Crippen LogP contribution in [0, 0.1) is 0 Å². The fourth-order valence-corrected chi connectivity index (χ4v) is 4.13. The summed E-state index contributed by atoms with van der Waals surface area (Å²) in [5.41, 5.74) is 1.69. The van der Waals surface area contributed by atoms with E-state index in [1.807, 2.05) is 24.3 Å². The van der Waals surface area contributed by atoms with Crippen LogP contribution in [0.5, 0.6) is 5.75 Å². The highest BCUT2D eigenvalue weighted by atomic mass is 16.5. The number of hydrogen-bond donors (Lipinski definition) is 1. The maximum Gasteiger partial charge on any atom is 0.349 e. The Labute approximate surface area is 196 Å². The maximum atomic E-state index is 12.7. The van der Waals surface area contributed by atoms with Crippen LogP contribution >= 0.6 is 0 Å². The number of ether oxygens (including phenoxy) is 1. The summed E-state index contributed by atoms with van der Waals surface area (Å²) >= 11 is 0. The third-order valence-corrected chi connectivity index (χ3v) is 5.96. The molecule has 2 aromatic carbocycles. The largest absolute Gasteiger partial charge is 0.493 e. The van der Waals surface area contributed by atoms with Crippen LogP contribution in [0.1, 0.15) is 29.6 Å². The molecule has 0 unspecified atom stereocenters. The lowest BCUT2D eigenvalue weighted by Crippen LogP contribution is -2.30. The molecule has 172 valence electrons. The number of rotatable bonds is 5. The molecule has 0 bridgehead atoms. The number of amides is 1. The number of fused-ring (bicyclic) bond motifs is 1. The van der Waals surface area contributed by atoms with E-state index in [1.54, 1.807) is 30.3 Å². The molecule has 1 N–H and O–H groups in total. The fourth-order valence-electron chi connectivity index (χ4n) is 4.13. The Kier molecular flexibility index (Phi) is 5.95. The van der Waals surface area contributed by atoms with Gasteiger partial charge < -0.3 is 19.4 Å². The summed E-state index contributed by atoms with van der Waals surface area (Å²) < 4.78 is 10.6. The number of nitrogens with one attached hydrogen (secondary N) is 1. The first-order valence-corrected chi connectivity index (χ1v) is 11.2. The summed E-state index contributed by atoms with van der Waals surface area (Å²) in [6.45, 7) is 2.04. The van der Waals surface area contributed by atoms with Crippen molar-refractivity contribution in [2.75, 3.05) is 30.4 Å². The van der Waals surface area contributed by atoms with E-state index in [2.05, 4.69) is 20.4 Å². The molecule has 0 saturated carbocycles. The Morgan fingerprint density at radius 1 is 1.00 bits per heavy atom. The summed E-state index contributed by atoms with van der Waals surface area (Å²) in [6, 6.07) is 17.9. The van der Waals surface area contributed by atoms with E-state index in [1.165, 1.54) is 32.4 Å². The Morgan fingerprint density at radius 3 is 2.50 bits per heavy atom. The monoisotopic (exact) mass is 456 g/mol. The first kappa shape index (κ1) is 21.6. The number of piperidine rings is 1. The summed E-state index contributed by atoms with van der Waals surface area (Å²) in [5, 5.41) is 12.1. The van der Waals surface area contributed by atoms with Gasteiger partial charge in [-0.2, -0.15) is 0 Å². The first-order chi connectivity index (χ1) is 16.6. The van der Waals surface area contributed by atoms with Gasteiger partial charge in [0, 0.05) is 29.7 Å². The van der Waals surface area contributed by atoms with Crippen molar-refractivity contribution < 1.29 is 13.9 Å². The number of hydrogen-bond acceptors (Lipinski definition) is 7.